The zero-order valence-electron chi connectivity index (χ0n) is 12.2. The number of benzene rings is 2. The van der Waals surface area contributed by atoms with Gasteiger partial charge < -0.3 is 5.11 Å². The van der Waals surface area contributed by atoms with Crippen molar-refractivity contribution in [3.63, 3.8) is 0 Å². The van der Waals surface area contributed by atoms with E-state index >= 15 is 0 Å². The number of nitrogens with zero attached hydrogens (tertiary/aromatic N) is 2. The van der Waals surface area contributed by atoms with Gasteiger partial charge in [-0.1, -0.05) is 11.6 Å². The number of carbonyl (C=O) groups excluding carboxylic acids is 1. The van der Waals surface area contributed by atoms with Gasteiger partial charge in [-0.15, -0.1) is 0 Å². The minimum absolute atomic E-state index is 0.0846. The molecule has 3 rings (SSSR count). The third kappa shape index (κ3) is 3.51. The van der Waals surface area contributed by atoms with Crippen LogP contribution in [0.3, 0.4) is 0 Å². The van der Waals surface area contributed by atoms with Crippen molar-refractivity contribution in [1.29, 1.82) is 0 Å². The zero-order chi connectivity index (χ0) is 16.4. The van der Waals surface area contributed by atoms with E-state index in [0.29, 0.717) is 18.0 Å². The molecular formula is C17H14ClFN2O2. The second kappa shape index (κ2) is 6.38. The Morgan fingerprint density at radius 3 is 2.74 bits per heavy atom. The minimum Gasteiger partial charge on any atom is -0.508 e. The Bertz CT molecular complexity index is 775. The van der Waals surface area contributed by atoms with Crippen LogP contribution in [0, 0.1) is 5.82 Å². The van der Waals surface area contributed by atoms with Crippen molar-refractivity contribution < 1.29 is 14.3 Å². The molecule has 1 amide bonds. The molecule has 1 aliphatic rings. The second-order valence-electron chi connectivity index (χ2n) is 5.27. The summed E-state index contributed by atoms with van der Waals surface area (Å²) >= 11 is 5.84. The summed E-state index contributed by atoms with van der Waals surface area (Å²) in [6.45, 7) is 0.456. The average Bonchev–Trinajstić information content (AvgIpc) is 3.02. The van der Waals surface area contributed by atoms with Crippen LogP contribution < -0.4 is 0 Å². The SMILES string of the molecule is O=C(Cc1cc(Cl)ccc1F)N1CCC(c2ccc(O)cc2)=N1. The standard InChI is InChI=1S/C17H14ClFN2O2/c18-13-3-6-15(19)12(9-13)10-17(23)21-8-7-16(20-21)11-1-4-14(22)5-2-11/h1-6,9,22H,7-8,10H2. The summed E-state index contributed by atoms with van der Waals surface area (Å²) in [5.41, 5.74) is 1.88. The van der Waals surface area contributed by atoms with Crippen LogP contribution in [0.1, 0.15) is 17.5 Å². The quantitative estimate of drug-likeness (QED) is 0.937. The molecule has 1 aliphatic heterocycles. The lowest BCUT2D eigenvalue weighted by Crippen LogP contribution is -2.25. The molecule has 0 aliphatic carbocycles. The zero-order valence-corrected chi connectivity index (χ0v) is 12.9. The van der Waals surface area contributed by atoms with Crippen LogP contribution in [-0.4, -0.2) is 28.3 Å². The number of rotatable bonds is 3. The topological polar surface area (TPSA) is 52.9 Å². The lowest BCUT2D eigenvalue weighted by molar-refractivity contribution is -0.130. The number of phenols is 1. The molecule has 2 aromatic rings. The highest BCUT2D eigenvalue weighted by molar-refractivity contribution is 6.30. The molecule has 23 heavy (non-hydrogen) atoms. The number of hydrogen-bond acceptors (Lipinski definition) is 3. The average molecular weight is 333 g/mol. The molecule has 6 heteroatoms. The molecule has 0 atom stereocenters. The first-order chi connectivity index (χ1) is 11.0. The van der Waals surface area contributed by atoms with Crippen LogP contribution in [-0.2, 0) is 11.2 Å². The van der Waals surface area contributed by atoms with Crippen LogP contribution in [0.15, 0.2) is 47.6 Å². The monoisotopic (exact) mass is 332 g/mol. The van der Waals surface area contributed by atoms with E-state index in [-0.39, 0.29) is 23.6 Å². The number of carbonyl (C=O) groups is 1. The second-order valence-corrected chi connectivity index (χ2v) is 5.71. The first-order valence-electron chi connectivity index (χ1n) is 7.14. The van der Waals surface area contributed by atoms with Crippen molar-refractivity contribution >= 4 is 23.2 Å². The number of aromatic hydroxyl groups is 1. The maximum Gasteiger partial charge on any atom is 0.247 e. The van der Waals surface area contributed by atoms with Gasteiger partial charge in [-0.3, -0.25) is 4.79 Å². The van der Waals surface area contributed by atoms with Crippen molar-refractivity contribution in [2.45, 2.75) is 12.8 Å². The number of hydrazone groups is 1. The van der Waals surface area contributed by atoms with Gasteiger partial charge in [0, 0.05) is 11.4 Å². The molecule has 0 spiro atoms. The molecular weight excluding hydrogens is 319 g/mol. The highest BCUT2D eigenvalue weighted by Gasteiger charge is 2.22. The van der Waals surface area contributed by atoms with Crippen molar-refractivity contribution in [2.75, 3.05) is 6.54 Å². The van der Waals surface area contributed by atoms with Gasteiger partial charge >= 0.3 is 0 Å². The molecule has 0 bridgehead atoms. The highest BCUT2D eigenvalue weighted by atomic mass is 35.5. The Balaban J connectivity index is 1.74. The molecule has 2 aromatic carbocycles. The third-order valence-corrected chi connectivity index (χ3v) is 3.87. The van der Waals surface area contributed by atoms with Crippen molar-refractivity contribution in [1.82, 2.24) is 5.01 Å². The van der Waals surface area contributed by atoms with Crippen molar-refractivity contribution in [3.05, 3.63) is 64.4 Å². The van der Waals surface area contributed by atoms with E-state index < -0.39 is 5.82 Å². The predicted molar refractivity (Wildman–Crippen MR) is 86.1 cm³/mol. The molecule has 0 fully saturated rings. The number of halogens is 2. The van der Waals surface area contributed by atoms with E-state index in [1.54, 1.807) is 24.3 Å². The van der Waals surface area contributed by atoms with Gasteiger partial charge in [0.25, 0.3) is 0 Å². The van der Waals surface area contributed by atoms with Crippen molar-refractivity contribution in [3.8, 4) is 5.75 Å². The van der Waals surface area contributed by atoms with Gasteiger partial charge in [-0.05, 0) is 53.6 Å². The first kappa shape index (κ1) is 15.5. The third-order valence-electron chi connectivity index (χ3n) is 3.64. The maximum atomic E-state index is 13.7. The lowest BCUT2D eigenvalue weighted by atomic mass is 10.1. The molecule has 0 unspecified atom stereocenters. The first-order valence-corrected chi connectivity index (χ1v) is 7.52. The van der Waals surface area contributed by atoms with Crippen molar-refractivity contribution in [2.24, 2.45) is 5.10 Å². The Morgan fingerprint density at radius 2 is 2.00 bits per heavy atom. The molecule has 1 N–H and O–H groups in total. The van der Waals surface area contributed by atoms with Gasteiger partial charge in [0.15, 0.2) is 0 Å². The molecule has 1 heterocycles. The molecule has 118 valence electrons. The van der Waals surface area contributed by atoms with E-state index in [9.17, 15) is 14.3 Å². The van der Waals surface area contributed by atoms with Crippen LogP contribution in [0.5, 0.6) is 5.75 Å². The number of phenolic OH excluding ortho intramolecular Hbond substituents is 1. The van der Waals surface area contributed by atoms with Gasteiger partial charge in [0.05, 0.1) is 18.7 Å². The summed E-state index contributed by atoms with van der Waals surface area (Å²) < 4.78 is 13.7. The van der Waals surface area contributed by atoms with E-state index in [1.165, 1.54) is 23.2 Å². The van der Waals surface area contributed by atoms with E-state index in [2.05, 4.69) is 5.10 Å². The molecule has 0 saturated heterocycles. The normalized spacial score (nSPS) is 14.0. The fourth-order valence-electron chi connectivity index (χ4n) is 2.43. The fourth-order valence-corrected chi connectivity index (χ4v) is 2.62. The van der Waals surface area contributed by atoms with Gasteiger partial charge in [0.1, 0.15) is 11.6 Å². The van der Waals surface area contributed by atoms with E-state index in [1.807, 2.05) is 0 Å². The Kier molecular flexibility index (Phi) is 4.30. The predicted octanol–water partition coefficient (Wildman–Crippen LogP) is 3.36. The highest BCUT2D eigenvalue weighted by Crippen LogP contribution is 2.19. The minimum atomic E-state index is -0.454. The Labute approximate surface area is 137 Å². The summed E-state index contributed by atoms with van der Waals surface area (Å²) in [6.07, 6.45) is 0.535. The smallest absolute Gasteiger partial charge is 0.247 e. The summed E-state index contributed by atoms with van der Waals surface area (Å²) in [5, 5.41) is 15.3. The number of hydrogen-bond donors (Lipinski definition) is 1. The number of amides is 1. The van der Waals surface area contributed by atoms with Gasteiger partial charge in [-0.2, -0.15) is 5.10 Å². The largest absolute Gasteiger partial charge is 0.508 e. The van der Waals surface area contributed by atoms with Crippen LogP contribution >= 0.6 is 11.6 Å². The summed E-state index contributed by atoms with van der Waals surface area (Å²) in [4.78, 5) is 12.3. The van der Waals surface area contributed by atoms with Crippen LogP contribution in [0.4, 0.5) is 4.39 Å². The molecule has 0 saturated carbocycles. The lowest BCUT2D eigenvalue weighted by Gasteiger charge is -2.11. The van der Waals surface area contributed by atoms with Gasteiger partial charge in [0.2, 0.25) is 5.91 Å². The van der Waals surface area contributed by atoms with Gasteiger partial charge in [-0.25, -0.2) is 9.40 Å². The van der Waals surface area contributed by atoms with E-state index in [4.69, 9.17) is 11.6 Å². The molecule has 0 radical (unpaired) electrons. The molecule has 4 nitrogen and oxygen atoms in total. The Hall–Kier alpha value is -2.40. The Morgan fingerprint density at radius 1 is 1.26 bits per heavy atom. The summed E-state index contributed by atoms with van der Waals surface area (Å²) in [7, 11) is 0. The summed E-state index contributed by atoms with van der Waals surface area (Å²) in [6, 6.07) is 10.8. The van der Waals surface area contributed by atoms with Crippen LogP contribution in [0.2, 0.25) is 5.02 Å². The molecule has 0 aromatic heterocycles. The summed E-state index contributed by atoms with van der Waals surface area (Å²) in [5.74, 6) is -0.554. The fraction of sp³-hybridized carbons (Fsp3) is 0.176. The van der Waals surface area contributed by atoms with E-state index in [0.717, 1.165) is 11.3 Å². The van der Waals surface area contributed by atoms with Crippen LogP contribution in [0.25, 0.3) is 0 Å². The maximum absolute atomic E-state index is 13.7.